The van der Waals surface area contributed by atoms with Crippen LogP contribution in [0.4, 0.5) is 0 Å². The van der Waals surface area contributed by atoms with Crippen molar-refractivity contribution in [1.29, 1.82) is 0 Å². The summed E-state index contributed by atoms with van der Waals surface area (Å²) in [5.74, 6) is 0.378. The molecule has 4 aromatic rings. The first-order valence-corrected chi connectivity index (χ1v) is 8.26. The standard InChI is InChI=1S/C16H14N4O3S/c1-7(2)9-6-24-14-12(9)15(23)20-13(18-19-16(20)17-14)8-3-4-10(21)11(22)5-8/h3-7,21-22H,1-2H3,(H,17,19). The van der Waals surface area contributed by atoms with Crippen molar-refractivity contribution in [1.82, 2.24) is 19.6 Å². The number of nitrogens with one attached hydrogen (secondary N) is 1. The number of H-pyrrole nitrogens is 1. The number of aromatic amines is 1. The Morgan fingerprint density at radius 1 is 1.25 bits per heavy atom. The van der Waals surface area contributed by atoms with E-state index in [2.05, 4.69) is 15.2 Å². The van der Waals surface area contributed by atoms with Crippen LogP contribution < -0.4 is 5.56 Å². The molecule has 8 heteroatoms. The van der Waals surface area contributed by atoms with E-state index in [0.29, 0.717) is 27.4 Å². The van der Waals surface area contributed by atoms with E-state index in [0.717, 1.165) is 5.56 Å². The van der Waals surface area contributed by atoms with Crippen LogP contribution >= 0.6 is 11.3 Å². The molecule has 0 saturated carbocycles. The molecule has 122 valence electrons. The Kier molecular flexibility index (Phi) is 3.10. The van der Waals surface area contributed by atoms with Crippen LogP contribution in [0.15, 0.2) is 28.4 Å². The molecule has 0 aliphatic heterocycles. The van der Waals surface area contributed by atoms with E-state index >= 15 is 0 Å². The molecule has 3 heterocycles. The largest absolute Gasteiger partial charge is 0.504 e. The van der Waals surface area contributed by atoms with Crippen molar-refractivity contribution >= 4 is 27.3 Å². The van der Waals surface area contributed by atoms with E-state index in [-0.39, 0.29) is 23.0 Å². The summed E-state index contributed by atoms with van der Waals surface area (Å²) in [5, 5.41) is 28.6. The molecule has 0 aliphatic carbocycles. The second-order valence-corrected chi connectivity index (χ2v) is 6.71. The Labute approximate surface area is 139 Å². The molecule has 0 fully saturated rings. The second kappa shape index (κ2) is 5.07. The molecule has 0 aliphatic rings. The SMILES string of the molecule is CC(C)c1csc2nc3[nH]nc(-c4ccc(O)c(O)c4)n3c(=O)c12. The molecule has 24 heavy (non-hydrogen) atoms. The van der Waals surface area contributed by atoms with Crippen molar-refractivity contribution in [2.24, 2.45) is 0 Å². The Balaban J connectivity index is 2.08. The van der Waals surface area contributed by atoms with Crippen molar-refractivity contribution in [3.63, 3.8) is 0 Å². The number of benzene rings is 1. The molecule has 0 bridgehead atoms. The predicted molar refractivity (Wildman–Crippen MR) is 91.8 cm³/mol. The number of nitrogens with zero attached hydrogens (tertiary/aromatic N) is 3. The third-order valence-corrected chi connectivity index (χ3v) is 4.86. The van der Waals surface area contributed by atoms with E-state index in [4.69, 9.17) is 0 Å². The topological polar surface area (TPSA) is 104 Å². The maximum atomic E-state index is 13.0. The average Bonchev–Trinajstić information content (AvgIpc) is 3.15. The van der Waals surface area contributed by atoms with Crippen LogP contribution in [-0.2, 0) is 0 Å². The molecule has 0 saturated heterocycles. The van der Waals surface area contributed by atoms with E-state index in [1.807, 2.05) is 19.2 Å². The van der Waals surface area contributed by atoms with Gasteiger partial charge in [0.15, 0.2) is 17.3 Å². The highest BCUT2D eigenvalue weighted by Crippen LogP contribution is 2.31. The molecule has 0 spiro atoms. The quantitative estimate of drug-likeness (QED) is 0.486. The summed E-state index contributed by atoms with van der Waals surface area (Å²) in [5.41, 5.74) is 1.26. The number of phenolic OH excluding ortho intramolecular Hbond substituents is 2. The Morgan fingerprint density at radius 3 is 2.75 bits per heavy atom. The minimum atomic E-state index is -0.274. The van der Waals surface area contributed by atoms with Gasteiger partial charge in [-0.05, 0) is 35.1 Å². The summed E-state index contributed by atoms with van der Waals surface area (Å²) in [7, 11) is 0. The zero-order valence-corrected chi connectivity index (χ0v) is 13.8. The molecule has 0 amide bonds. The minimum absolute atomic E-state index is 0.198. The fourth-order valence-corrected chi connectivity index (χ4v) is 3.81. The number of hydrogen-bond acceptors (Lipinski definition) is 6. The number of hydrogen-bond donors (Lipinski definition) is 3. The highest BCUT2D eigenvalue weighted by Gasteiger charge is 2.19. The summed E-state index contributed by atoms with van der Waals surface area (Å²) in [6.45, 7) is 4.06. The maximum absolute atomic E-state index is 13.0. The summed E-state index contributed by atoms with van der Waals surface area (Å²) < 4.78 is 1.40. The first kappa shape index (κ1) is 14.7. The highest BCUT2D eigenvalue weighted by atomic mass is 32.1. The van der Waals surface area contributed by atoms with Crippen molar-refractivity contribution in [3.05, 3.63) is 39.5 Å². The van der Waals surface area contributed by atoms with E-state index < -0.39 is 0 Å². The van der Waals surface area contributed by atoms with E-state index in [1.54, 1.807) is 6.07 Å². The van der Waals surface area contributed by atoms with Crippen LogP contribution in [0, 0.1) is 0 Å². The van der Waals surface area contributed by atoms with Gasteiger partial charge in [0, 0.05) is 5.56 Å². The fourth-order valence-electron chi connectivity index (χ4n) is 2.72. The number of rotatable bonds is 2. The third kappa shape index (κ3) is 2.00. The van der Waals surface area contributed by atoms with Gasteiger partial charge in [0.25, 0.3) is 5.56 Å². The van der Waals surface area contributed by atoms with Gasteiger partial charge in [-0.1, -0.05) is 13.8 Å². The van der Waals surface area contributed by atoms with Crippen molar-refractivity contribution in [2.75, 3.05) is 0 Å². The summed E-state index contributed by atoms with van der Waals surface area (Å²) in [4.78, 5) is 18.2. The van der Waals surface area contributed by atoms with E-state index in [9.17, 15) is 15.0 Å². The molecule has 0 radical (unpaired) electrons. The number of phenols is 2. The lowest BCUT2D eigenvalue weighted by Crippen LogP contribution is -2.15. The fraction of sp³-hybridized carbons (Fsp3) is 0.188. The lowest BCUT2D eigenvalue weighted by atomic mass is 10.0. The van der Waals surface area contributed by atoms with Crippen LogP contribution in [0.2, 0.25) is 0 Å². The smallest absolute Gasteiger partial charge is 0.269 e. The van der Waals surface area contributed by atoms with Gasteiger partial charge < -0.3 is 10.2 Å². The lowest BCUT2D eigenvalue weighted by Gasteiger charge is -2.04. The Bertz CT molecular complexity index is 1140. The lowest BCUT2D eigenvalue weighted by molar-refractivity contribution is 0.404. The number of thiophene rings is 1. The first-order chi connectivity index (χ1) is 11.5. The minimum Gasteiger partial charge on any atom is -0.504 e. The molecule has 4 rings (SSSR count). The van der Waals surface area contributed by atoms with Crippen LogP contribution in [0.25, 0.3) is 27.4 Å². The number of aromatic hydroxyl groups is 2. The summed E-state index contributed by atoms with van der Waals surface area (Å²) in [6, 6.07) is 4.29. The van der Waals surface area contributed by atoms with Crippen molar-refractivity contribution < 1.29 is 10.2 Å². The second-order valence-electron chi connectivity index (χ2n) is 5.85. The van der Waals surface area contributed by atoms with Crippen molar-refractivity contribution in [3.8, 4) is 22.9 Å². The molecule has 3 N–H and O–H groups in total. The van der Waals surface area contributed by atoms with Gasteiger partial charge in [-0.3, -0.25) is 4.79 Å². The van der Waals surface area contributed by atoms with Gasteiger partial charge in [0.05, 0.1) is 5.39 Å². The molecular formula is C16H14N4O3S. The maximum Gasteiger partial charge on any atom is 0.269 e. The highest BCUT2D eigenvalue weighted by molar-refractivity contribution is 7.16. The molecule has 0 unspecified atom stereocenters. The van der Waals surface area contributed by atoms with Gasteiger partial charge in [0.2, 0.25) is 5.78 Å². The number of fused-ring (bicyclic) bond motifs is 2. The zero-order chi connectivity index (χ0) is 17.0. The van der Waals surface area contributed by atoms with Crippen LogP contribution in [0.3, 0.4) is 0 Å². The van der Waals surface area contributed by atoms with Gasteiger partial charge in [0.1, 0.15) is 4.83 Å². The zero-order valence-electron chi connectivity index (χ0n) is 12.9. The Morgan fingerprint density at radius 2 is 2.04 bits per heavy atom. The first-order valence-electron chi connectivity index (χ1n) is 7.38. The Hall–Kier alpha value is -2.87. The van der Waals surface area contributed by atoms with Crippen LogP contribution in [0.1, 0.15) is 25.3 Å². The van der Waals surface area contributed by atoms with Crippen molar-refractivity contribution in [2.45, 2.75) is 19.8 Å². The van der Waals surface area contributed by atoms with Gasteiger partial charge >= 0.3 is 0 Å². The summed E-state index contributed by atoms with van der Waals surface area (Å²) >= 11 is 1.44. The third-order valence-electron chi connectivity index (χ3n) is 3.97. The van der Waals surface area contributed by atoms with Gasteiger partial charge in [-0.15, -0.1) is 11.3 Å². The molecule has 3 aromatic heterocycles. The predicted octanol–water partition coefficient (Wildman–Crippen LogP) is 2.83. The molecular weight excluding hydrogens is 328 g/mol. The van der Waals surface area contributed by atoms with Gasteiger partial charge in [-0.25, -0.2) is 14.5 Å². The van der Waals surface area contributed by atoms with Crippen LogP contribution in [-0.4, -0.2) is 29.8 Å². The van der Waals surface area contributed by atoms with E-state index in [1.165, 1.54) is 27.9 Å². The molecule has 1 aromatic carbocycles. The van der Waals surface area contributed by atoms with Gasteiger partial charge in [-0.2, -0.15) is 5.10 Å². The molecule has 0 atom stereocenters. The number of aromatic nitrogens is 4. The normalized spacial score (nSPS) is 11.8. The monoisotopic (exact) mass is 342 g/mol. The summed E-state index contributed by atoms with van der Waals surface area (Å²) in [6.07, 6.45) is 0. The van der Waals surface area contributed by atoms with Crippen LogP contribution in [0.5, 0.6) is 11.5 Å². The molecule has 7 nitrogen and oxygen atoms in total. The average molecular weight is 342 g/mol.